The van der Waals surface area contributed by atoms with Gasteiger partial charge in [0.15, 0.2) is 0 Å². The molecule has 3 aliphatic rings. The van der Waals surface area contributed by atoms with E-state index < -0.39 is 6.29 Å². The normalized spacial score (nSPS) is 29.2. The van der Waals surface area contributed by atoms with Gasteiger partial charge < -0.3 is 14.2 Å². The summed E-state index contributed by atoms with van der Waals surface area (Å²) in [4.78, 5) is 12.3. The molecule has 0 amide bonds. The average Bonchev–Trinajstić information content (AvgIpc) is 3.37. The number of cyclic esters (lactones) is 1. The number of benzene rings is 2. The smallest absolute Gasteiger partial charge is 0.315 e. The molecule has 2 aromatic carbocycles. The van der Waals surface area contributed by atoms with E-state index in [1.165, 1.54) is 5.57 Å². The fraction of sp³-hybridized carbons (Fsp3) is 0.348. The van der Waals surface area contributed by atoms with Gasteiger partial charge in [-0.05, 0) is 55.5 Å². The quantitative estimate of drug-likeness (QED) is 0.553. The second kappa shape index (κ2) is 6.54. The molecule has 1 aliphatic heterocycles. The second-order valence-electron chi connectivity index (χ2n) is 7.61. The van der Waals surface area contributed by atoms with E-state index in [0.717, 1.165) is 29.9 Å². The van der Waals surface area contributed by atoms with Crippen molar-refractivity contribution in [3.8, 4) is 11.5 Å². The van der Waals surface area contributed by atoms with E-state index in [1.54, 1.807) is 0 Å². The lowest BCUT2D eigenvalue weighted by Gasteiger charge is -2.26. The van der Waals surface area contributed by atoms with Gasteiger partial charge in [-0.3, -0.25) is 4.79 Å². The molecule has 5 rings (SSSR count). The number of hydrogen-bond acceptors (Lipinski definition) is 4. The fourth-order valence-electron chi connectivity index (χ4n) is 4.65. The van der Waals surface area contributed by atoms with Crippen LogP contribution in [0.15, 0.2) is 66.2 Å². The third-order valence-corrected chi connectivity index (χ3v) is 5.95. The zero-order valence-corrected chi connectivity index (χ0v) is 15.2. The van der Waals surface area contributed by atoms with Crippen LogP contribution in [0.1, 0.15) is 31.4 Å². The van der Waals surface area contributed by atoms with E-state index in [0.29, 0.717) is 5.92 Å². The molecule has 0 N–H and O–H groups in total. The van der Waals surface area contributed by atoms with Crippen LogP contribution in [0.4, 0.5) is 0 Å². The van der Waals surface area contributed by atoms with Gasteiger partial charge >= 0.3 is 5.97 Å². The monoisotopic (exact) mass is 362 g/mol. The standard InChI is InChI=1S/C23H22O4/c1-14(15-6-5-9-19(13-15)26-18-7-3-2-4-8-18)25-23-21-17-11-10-16(12-17)20(21)22(24)27-23/h2-10,13-14,17,20-21,23H,11-12H2,1H3/t14-,17?,20?,21?,23?/m1/s1. The van der Waals surface area contributed by atoms with Crippen LogP contribution in [0.5, 0.6) is 11.5 Å². The van der Waals surface area contributed by atoms with Gasteiger partial charge in [0.25, 0.3) is 0 Å². The summed E-state index contributed by atoms with van der Waals surface area (Å²) in [6.45, 7) is 2.00. The first-order valence-corrected chi connectivity index (χ1v) is 9.57. The molecule has 2 aliphatic carbocycles. The highest BCUT2D eigenvalue weighted by atomic mass is 16.7. The number of fused-ring (bicyclic) bond motifs is 5. The molecule has 2 bridgehead atoms. The number of rotatable bonds is 5. The predicted molar refractivity (Wildman–Crippen MR) is 100 cm³/mol. The van der Waals surface area contributed by atoms with Crippen molar-refractivity contribution >= 4 is 5.97 Å². The summed E-state index contributed by atoms with van der Waals surface area (Å²) in [5, 5.41) is 0. The van der Waals surface area contributed by atoms with E-state index in [9.17, 15) is 4.79 Å². The minimum absolute atomic E-state index is 0.0753. The van der Waals surface area contributed by atoms with Gasteiger partial charge in [-0.1, -0.05) is 42.0 Å². The number of hydrogen-bond donors (Lipinski definition) is 0. The minimum Gasteiger partial charge on any atom is -0.457 e. The van der Waals surface area contributed by atoms with Gasteiger partial charge in [-0.15, -0.1) is 0 Å². The summed E-state index contributed by atoms with van der Waals surface area (Å²) < 4.78 is 17.7. The van der Waals surface area contributed by atoms with Crippen molar-refractivity contribution in [2.24, 2.45) is 17.8 Å². The lowest BCUT2D eigenvalue weighted by Crippen LogP contribution is -2.27. The largest absolute Gasteiger partial charge is 0.457 e. The summed E-state index contributed by atoms with van der Waals surface area (Å²) in [7, 11) is 0. The lowest BCUT2D eigenvalue weighted by molar-refractivity contribution is -0.182. The summed E-state index contributed by atoms with van der Waals surface area (Å²) in [5.74, 6) is 2.03. The minimum atomic E-state index is -0.451. The summed E-state index contributed by atoms with van der Waals surface area (Å²) >= 11 is 0. The van der Waals surface area contributed by atoms with Gasteiger partial charge in [-0.25, -0.2) is 0 Å². The molecule has 1 saturated carbocycles. The van der Waals surface area contributed by atoms with Crippen molar-refractivity contribution in [2.75, 3.05) is 0 Å². The molecule has 0 radical (unpaired) electrons. The van der Waals surface area contributed by atoms with Crippen molar-refractivity contribution in [3.63, 3.8) is 0 Å². The van der Waals surface area contributed by atoms with Crippen LogP contribution in [0.3, 0.4) is 0 Å². The number of esters is 1. The van der Waals surface area contributed by atoms with Crippen molar-refractivity contribution in [2.45, 2.75) is 32.2 Å². The molecule has 1 saturated heterocycles. The maximum atomic E-state index is 12.3. The van der Waals surface area contributed by atoms with Crippen LogP contribution in [0.25, 0.3) is 0 Å². The second-order valence-corrected chi connectivity index (χ2v) is 7.61. The van der Waals surface area contributed by atoms with Gasteiger partial charge in [0, 0.05) is 5.92 Å². The number of carbonyl (C=O) groups is 1. The number of carbonyl (C=O) groups excluding carboxylic acids is 1. The molecule has 27 heavy (non-hydrogen) atoms. The Bertz CT molecular complexity index is 888. The Hall–Kier alpha value is -2.59. The zero-order chi connectivity index (χ0) is 18.4. The van der Waals surface area contributed by atoms with Crippen molar-refractivity contribution in [1.29, 1.82) is 0 Å². The van der Waals surface area contributed by atoms with E-state index in [1.807, 2.05) is 61.5 Å². The van der Waals surface area contributed by atoms with Crippen molar-refractivity contribution in [1.82, 2.24) is 0 Å². The maximum Gasteiger partial charge on any atom is 0.315 e. The number of allylic oxidation sites excluding steroid dienone is 1. The fourth-order valence-corrected chi connectivity index (χ4v) is 4.65. The molecule has 0 spiro atoms. The Morgan fingerprint density at radius 2 is 1.89 bits per heavy atom. The SMILES string of the molecule is C[C@@H](OC1OC(=O)C2C3=CCC(C3)C12)c1cccc(Oc2ccccc2)c1. The Morgan fingerprint density at radius 3 is 2.74 bits per heavy atom. The molecule has 4 heteroatoms. The van der Waals surface area contributed by atoms with Crippen LogP contribution in [0.2, 0.25) is 0 Å². The first-order chi connectivity index (χ1) is 13.2. The Morgan fingerprint density at radius 1 is 1.07 bits per heavy atom. The van der Waals surface area contributed by atoms with E-state index in [4.69, 9.17) is 14.2 Å². The van der Waals surface area contributed by atoms with Gasteiger partial charge in [0.2, 0.25) is 6.29 Å². The maximum absolute atomic E-state index is 12.3. The molecular formula is C23H22O4. The molecule has 138 valence electrons. The topological polar surface area (TPSA) is 44.8 Å². The van der Waals surface area contributed by atoms with Crippen LogP contribution in [0, 0.1) is 17.8 Å². The molecular weight excluding hydrogens is 340 g/mol. The lowest BCUT2D eigenvalue weighted by atomic mass is 9.85. The Kier molecular flexibility index (Phi) is 4.01. The molecule has 5 atom stereocenters. The highest BCUT2D eigenvalue weighted by molar-refractivity contribution is 5.80. The van der Waals surface area contributed by atoms with E-state index in [-0.39, 0.29) is 23.9 Å². The molecule has 2 aromatic rings. The first kappa shape index (κ1) is 16.6. The molecule has 0 aromatic heterocycles. The number of ether oxygens (including phenoxy) is 3. The van der Waals surface area contributed by atoms with Crippen LogP contribution >= 0.6 is 0 Å². The van der Waals surface area contributed by atoms with Crippen LogP contribution in [-0.4, -0.2) is 12.3 Å². The average molecular weight is 362 g/mol. The van der Waals surface area contributed by atoms with Crippen molar-refractivity contribution in [3.05, 3.63) is 71.8 Å². The first-order valence-electron chi connectivity index (χ1n) is 9.57. The van der Waals surface area contributed by atoms with Gasteiger partial charge in [-0.2, -0.15) is 0 Å². The summed E-state index contributed by atoms with van der Waals surface area (Å²) in [6.07, 6.45) is 3.64. The molecule has 4 nitrogen and oxygen atoms in total. The third kappa shape index (κ3) is 2.94. The highest BCUT2D eigenvalue weighted by Crippen LogP contribution is 2.54. The summed E-state index contributed by atoms with van der Waals surface area (Å²) in [5.41, 5.74) is 2.26. The number of para-hydroxylation sites is 1. The highest BCUT2D eigenvalue weighted by Gasteiger charge is 2.57. The van der Waals surface area contributed by atoms with Gasteiger partial charge in [0.1, 0.15) is 11.5 Å². The zero-order valence-electron chi connectivity index (χ0n) is 15.2. The summed E-state index contributed by atoms with van der Waals surface area (Å²) in [6, 6.07) is 17.6. The molecule has 1 heterocycles. The van der Waals surface area contributed by atoms with Crippen molar-refractivity contribution < 1.29 is 19.0 Å². The Balaban J connectivity index is 1.30. The van der Waals surface area contributed by atoms with Gasteiger partial charge in [0.05, 0.1) is 12.0 Å². The predicted octanol–water partition coefficient (Wildman–Crippen LogP) is 5.02. The Labute approximate surface area is 158 Å². The third-order valence-electron chi connectivity index (χ3n) is 5.95. The van der Waals surface area contributed by atoms with Crippen LogP contribution in [-0.2, 0) is 14.3 Å². The molecule has 4 unspecified atom stereocenters. The van der Waals surface area contributed by atoms with Crippen LogP contribution < -0.4 is 4.74 Å². The molecule has 2 fully saturated rings. The van der Waals surface area contributed by atoms with E-state index >= 15 is 0 Å². The van der Waals surface area contributed by atoms with E-state index in [2.05, 4.69) is 6.08 Å².